The van der Waals surface area contributed by atoms with Gasteiger partial charge in [0.15, 0.2) is 0 Å². The molecule has 1 aromatic carbocycles. The van der Waals surface area contributed by atoms with E-state index in [4.69, 9.17) is 0 Å². The SMILES string of the molecule is CCCC(C)([C](C)C)c1ccccc1. The molecule has 0 spiro atoms. The van der Waals surface area contributed by atoms with Crippen molar-refractivity contribution in [1.29, 1.82) is 0 Å². The highest BCUT2D eigenvalue weighted by Crippen LogP contribution is 2.37. The fourth-order valence-corrected chi connectivity index (χ4v) is 1.99. The van der Waals surface area contributed by atoms with Crippen LogP contribution in [0.3, 0.4) is 0 Å². The quantitative estimate of drug-likeness (QED) is 0.660. The molecule has 14 heavy (non-hydrogen) atoms. The van der Waals surface area contributed by atoms with E-state index in [1.54, 1.807) is 0 Å². The molecule has 0 aliphatic carbocycles. The Morgan fingerprint density at radius 1 is 1.14 bits per heavy atom. The Balaban J connectivity index is 2.99. The second kappa shape index (κ2) is 4.63. The summed E-state index contributed by atoms with van der Waals surface area (Å²) >= 11 is 0. The summed E-state index contributed by atoms with van der Waals surface area (Å²) < 4.78 is 0. The minimum Gasteiger partial charge on any atom is -0.0654 e. The topological polar surface area (TPSA) is 0 Å². The average molecular weight is 189 g/mol. The van der Waals surface area contributed by atoms with E-state index in [-0.39, 0.29) is 5.41 Å². The molecule has 0 aliphatic heterocycles. The minimum atomic E-state index is 0.260. The summed E-state index contributed by atoms with van der Waals surface area (Å²) in [5.74, 6) is 1.51. The molecule has 0 aliphatic rings. The van der Waals surface area contributed by atoms with Crippen molar-refractivity contribution in [2.45, 2.75) is 46.0 Å². The summed E-state index contributed by atoms with van der Waals surface area (Å²) in [4.78, 5) is 0. The highest BCUT2D eigenvalue weighted by Gasteiger charge is 2.29. The molecule has 0 heterocycles. The molecule has 0 heteroatoms. The summed E-state index contributed by atoms with van der Waals surface area (Å²) in [5.41, 5.74) is 1.71. The Morgan fingerprint density at radius 2 is 1.71 bits per heavy atom. The van der Waals surface area contributed by atoms with Crippen molar-refractivity contribution < 1.29 is 0 Å². The van der Waals surface area contributed by atoms with Crippen molar-refractivity contribution in [2.75, 3.05) is 0 Å². The maximum Gasteiger partial charge on any atom is -0.00188 e. The van der Waals surface area contributed by atoms with Gasteiger partial charge in [-0.25, -0.2) is 0 Å². The zero-order chi connectivity index (χ0) is 10.6. The number of hydrogen-bond acceptors (Lipinski definition) is 0. The highest BCUT2D eigenvalue weighted by atomic mass is 14.3. The van der Waals surface area contributed by atoms with Crippen LogP contribution in [0.4, 0.5) is 0 Å². The van der Waals surface area contributed by atoms with Gasteiger partial charge >= 0.3 is 0 Å². The molecule has 0 saturated carbocycles. The van der Waals surface area contributed by atoms with Gasteiger partial charge < -0.3 is 0 Å². The molecule has 0 fully saturated rings. The van der Waals surface area contributed by atoms with Crippen molar-refractivity contribution in [3.8, 4) is 0 Å². The lowest BCUT2D eigenvalue weighted by Gasteiger charge is -2.34. The van der Waals surface area contributed by atoms with Gasteiger partial charge in [0.25, 0.3) is 0 Å². The molecule has 1 radical (unpaired) electrons. The van der Waals surface area contributed by atoms with E-state index in [1.807, 2.05) is 0 Å². The van der Waals surface area contributed by atoms with Crippen molar-refractivity contribution in [1.82, 2.24) is 0 Å². The molecule has 0 N–H and O–H groups in total. The third kappa shape index (κ3) is 2.17. The van der Waals surface area contributed by atoms with Gasteiger partial charge in [0, 0.05) is 0 Å². The number of benzene rings is 1. The van der Waals surface area contributed by atoms with Crippen LogP contribution in [0, 0.1) is 5.92 Å². The molecule has 0 saturated heterocycles. The van der Waals surface area contributed by atoms with Crippen molar-refractivity contribution in [3.63, 3.8) is 0 Å². The minimum absolute atomic E-state index is 0.260. The highest BCUT2D eigenvalue weighted by molar-refractivity contribution is 5.30. The van der Waals surface area contributed by atoms with Crippen LogP contribution in [0.2, 0.25) is 0 Å². The Kier molecular flexibility index (Phi) is 3.74. The Hall–Kier alpha value is -0.780. The predicted molar refractivity (Wildman–Crippen MR) is 63.3 cm³/mol. The summed E-state index contributed by atoms with van der Waals surface area (Å²) in [6.45, 7) is 9.08. The van der Waals surface area contributed by atoms with E-state index in [0.717, 1.165) is 0 Å². The summed E-state index contributed by atoms with van der Waals surface area (Å²) in [5, 5.41) is 0. The number of hydrogen-bond donors (Lipinski definition) is 0. The van der Waals surface area contributed by atoms with Gasteiger partial charge in [0.2, 0.25) is 0 Å². The first-order valence-corrected chi connectivity index (χ1v) is 5.47. The second-order valence-corrected chi connectivity index (χ2v) is 4.45. The molecule has 1 rings (SSSR count). The first-order valence-electron chi connectivity index (χ1n) is 5.47. The zero-order valence-corrected chi connectivity index (χ0v) is 9.80. The Morgan fingerprint density at radius 3 is 2.14 bits per heavy atom. The average Bonchev–Trinajstić information content (AvgIpc) is 2.19. The molecule has 1 aromatic rings. The lowest BCUT2D eigenvalue weighted by molar-refractivity contribution is 0.447. The molecule has 0 amide bonds. The van der Waals surface area contributed by atoms with Gasteiger partial charge in [-0.2, -0.15) is 0 Å². The van der Waals surface area contributed by atoms with Gasteiger partial charge in [-0.3, -0.25) is 0 Å². The molecule has 0 bridgehead atoms. The summed E-state index contributed by atoms with van der Waals surface area (Å²) in [6, 6.07) is 10.8. The van der Waals surface area contributed by atoms with Gasteiger partial charge in [0.05, 0.1) is 0 Å². The van der Waals surface area contributed by atoms with Gasteiger partial charge in [-0.15, -0.1) is 0 Å². The third-order valence-corrected chi connectivity index (χ3v) is 3.26. The van der Waals surface area contributed by atoms with Crippen LogP contribution in [0.5, 0.6) is 0 Å². The normalized spacial score (nSPS) is 15.5. The molecule has 1 atom stereocenters. The monoisotopic (exact) mass is 189 g/mol. The van der Waals surface area contributed by atoms with E-state index in [2.05, 4.69) is 58.0 Å². The fourth-order valence-electron chi connectivity index (χ4n) is 1.99. The van der Waals surface area contributed by atoms with Crippen molar-refractivity contribution >= 4 is 0 Å². The van der Waals surface area contributed by atoms with Crippen molar-refractivity contribution in [2.24, 2.45) is 0 Å². The molecule has 0 aromatic heterocycles. The lowest BCUT2D eigenvalue weighted by atomic mass is 9.70. The van der Waals surface area contributed by atoms with E-state index in [1.165, 1.54) is 24.3 Å². The molecular formula is C14H21. The third-order valence-electron chi connectivity index (χ3n) is 3.26. The fraction of sp³-hybridized carbons (Fsp3) is 0.500. The predicted octanol–water partition coefficient (Wildman–Crippen LogP) is 4.36. The van der Waals surface area contributed by atoms with Crippen LogP contribution in [0.1, 0.15) is 46.1 Å². The van der Waals surface area contributed by atoms with E-state index < -0.39 is 0 Å². The van der Waals surface area contributed by atoms with Crippen LogP contribution in [-0.4, -0.2) is 0 Å². The molecular weight excluding hydrogens is 168 g/mol. The van der Waals surface area contributed by atoms with Crippen LogP contribution in [0.15, 0.2) is 30.3 Å². The molecule has 0 nitrogen and oxygen atoms in total. The van der Waals surface area contributed by atoms with E-state index >= 15 is 0 Å². The first kappa shape index (κ1) is 11.3. The molecule has 1 unspecified atom stereocenters. The van der Waals surface area contributed by atoms with Gasteiger partial charge in [-0.05, 0) is 23.3 Å². The van der Waals surface area contributed by atoms with Crippen LogP contribution in [0.25, 0.3) is 0 Å². The van der Waals surface area contributed by atoms with Gasteiger partial charge in [0.1, 0.15) is 0 Å². The van der Waals surface area contributed by atoms with Gasteiger partial charge in [-0.1, -0.05) is 64.4 Å². The maximum absolute atomic E-state index is 2.35. The van der Waals surface area contributed by atoms with Crippen LogP contribution in [-0.2, 0) is 5.41 Å². The maximum atomic E-state index is 2.35. The van der Waals surface area contributed by atoms with Crippen LogP contribution < -0.4 is 0 Å². The second-order valence-electron chi connectivity index (χ2n) is 4.45. The Labute approximate surface area is 88.4 Å². The van der Waals surface area contributed by atoms with Crippen LogP contribution >= 0.6 is 0 Å². The zero-order valence-electron chi connectivity index (χ0n) is 9.80. The summed E-state index contributed by atoms with van der Waals surface area (Å²) in [6.07, 6.45) is 2.47. The summed E-state index contributed by atoms with van der Waals surface area (Å²) in [7, 11) is 0. The largest absolute Gasteiger partial charge is 0.0654 e. The van der Waals surface area contributed by atoms with Crippen molar-refractivity contribution in [3.05, 3.63) is 41.8 Å². The van der Waals surface area contributed by atoms with E-state index in [9.17, 15) is 0 Å². The Bertz CT molecular complexity index is 261. The molecule has 77 valence electrons. The number of rotatable bonds is 4. The standard InChI is InChI=1S/C14H21/c1-5-11-14(4,12(2)3)13-9-7-6-8-10-13/h6-10H,5,11H2,1-4H3. The smallest absolute Gasteiger partial charge is 0.00188 e. The van der Waals surface area contributed by atoms with E-state index in [0.29, 0.717) is 0 Å². The lowest BCUT2D eigenvalue weighted by Crippen LogP contribution is -2.26. The first-order chi connectivity index (χ1) is 6.61.